The Hall–Kier alpha value is -1.55. The summed E-state index contributed by atoms with van der Waals surface area (Å²) in [5.41, 5.74) is 1.39. The van der Waals surface area contributed by atoms with Crippen LogP contribution in [-0.2, 0) is 10.2 Å². The monoisotopic (exact) mass is 346 g/mol. The molecule has 1 aromatic carbocycles. The number of benzene rings is 1. The first-order valence-electron chi connectivity index (χ1n) is 9.52. The van der Waals surface area contributed by atoms with Crippen LogP contribution in [0.3, 0.4) is 0 Å². The zero-order valence-corrected chi connectivity index (χ0v) is 16.5. The number of nitrogens with zero attached hydrogens (tertiary/aromatic N) is 1. The number of hydrogen-bond donors (Lipinski definition) is 1. The summed E-state index contributed by atoms with van der Waals surface area (Å²) in [6.07, 6.45) is 2.96. The highest BCUT2D eigenvalue weighted by molar-refractivity contribution is 5.81. The predicted molar refractivity (Wildman–Crippen MR) is 103 cm³/mol. The molecule has 0 saturated carbocycles. The van der Waals surface area contributed by atoms with Crippen LogP contribution in [0, 0.1) is 5.92 Å². The van der Waals surface area contributed by atoms with Gasteiger partial charge in [0.2, 0.25) is 0 Å². The van der Waals surface area contributed by atoms with Crippen LogP contribution in [-0.4, -0.2) is 43.6 Å². The molecule has 1 amide bonds. The largest absolute Gasteiger partial charge is 0.481 e. The molecule has 1 saturated heterocycles. The number of rotatable bonds is 6. The van der Waals surface area contributed by atoms with E-state index in [1.165, 1.54) is 12.0 Å². The minimum atomic E-state index is -0.436. The van der Waals surface area contributed by atoms with Gasteiger partial charge in [0, 0.05) is 13.1 Å². The van der Waals surface area contributed by atoms with Gasteiger partial charge in [-0.1, -0.05) is 32.9 Å². The van der Waals surface area contributed by atoms with Gasteiger partial charge in [-0.05, 0) is 68.8 Å². The SMILES string of the molecule is CNCCC1CCN(C(=O)C(C)Oc2ccc(C(C)(C)C)cc2)CC1. The summed E-state index contributed by atoms with van der Waals surface area (Å²) in [4.78, 5) is 14.6. The molecule has 0 spiro atoms. The average Bonchev–Trinajstić information content (AvgIpc) is 2.59. The lowest BCUT2D eigenvalue weighted by Crippen LogP contribution is -2.45. The van der Waals surface area contributed by atoms with Crippen LogP contribution in [0.2, 0.25) is 0 Å². The first-order valence-corrected chi connectivity index (χ1v) is 9.52. The van der Waals surface area contributed by atoms with Crippen LogP contribution >= 0.6 is 0 Å². The van der Waals surface area contributed by atoms with Crippen molar-refractivity contribution in [2.75, 3.05) is 26.7 Å². The zero-order valence-electron chi connectivity index (χ0n) is 16.5. The van der Waals surface area contributed by atoms with Crippen molar-refractivity contribution in [2.24, 2.45) is 5.92 Å². The molecule has 1 aliphatic rings. The first-order chi connectivity index (χ1) is 11.8. The average molecular weight is 347 g/mol. The fraction of sp³-hybridized carbons (Fsp3) is 0.667. The predicted octanol–water partition coefficient (Wildman–Crippen LogP) is 3.60. The van der Waals surface area contributed by atoms with E-state index in [9.17, 15) is 4.79 Å². The maximum atomic E-state index is 12.6. The molecule has 0 aromatic heterocycles. The minimum absolute atomic E-state index is 0.104. The lowest BCUT2D eigenvalue weighted by atomic mass is 9.87. The summed E-state index contributed by atoms with van der Waals surface area (Å²) in [6.45, 7) is 11.2. The van der Waals surface area contributed by atoms with E-state index in [4.69, 9.17) is 4.74 Å². The second-order valence-corrected chi connectivity index (χ2v) is 8.20. The van der Waals surface area contributed by atoms with Crippen molar-refractivity contribution in [3.63, 3.8) is 0 Å². The van der Waals surface area contributed by atoms with Gasteiger partial charge in [-0.25, -0.2) is 0 Å². The third kappa shape index (κ3) is 5.74. The first kappa shape index (κ1) is 19.8. The van der Waals surface area contributed by atoms with Crippen molar-refractivity contribution in [3.8, 4) is 5.75 Å². The number of carbonyl (C=O) groups excluding carboxylic acids is 1. The molecule has 0 bridgehead atoms. The number of likely N-dealkylation sites (tertiary alicyclic amines) is 1. The van der Waals surface area contributed by atoms with Gasteiger partial charge in [0.15, 0.2) is 6.10 Å². The Kier molecular flexibility index (Phi) is 6.88. The van der Waals surface area contributed by atoms with Gasteiger partial charge in [0.25, 0.3) is 5.91 Å². The molecule has 2 rings (SSSR count). The number of amides is 1. The third-order valence-corrected chi connectivity index (χ3v) is 5.11. The Morgan fingerprint density at radius 2 is 1.84 bits per heavy atom. The molecule has 4 heteroatoms. The van der Waals surface area contributed by atoms with E-state index in [0.29, 0.717) is 0 Å². The Morgan fingerprint density at radius 3 is 2.36 bits per heavy atom. The van der Waals surface area contributed by atoms with Crippen LogP contribution in [0.5, 0.6) is 5.75 Å². The van der Waals surface area contributed by atoms with Gasteiger partial charge in [-0.3, -0.25) is 4.79 Å². The van der Waals surface area contributed by atoms with Gasteiger partial charge in [-0.2, -0.15) is 0 Å². The summed E-state index contributed by atoms with van der Waals surface area (Å²) in [6, 6.07) is 8.10. The molecule has 1 atom stereocenters. The van der Waals surface area contributed by atoms with Crippen LogP contribution in [0.25, 0.3) is 0 Å². The van der Waals surface area contributed by atoms with Crippen molar-refractivity contribution < 1.29 is 9.53 Å². The molecular weight excluding hydrogens is 312 g/mol. The lowest BCUT2D eigenvalue weighted by molar-refractivity contribution is -0.139. The van der Waals surface area contributed by atoms with Crippen molar-refractivity contribution in [2.45, 2.75) is 58.5 Å². The minimum Gasteiger partial charge on any atom is -0.481 e. The number of nitrogens with one attached hydrogen (secondary N) is 1. The molecule has 0 radical (unpaired) electrons. The highest BCUT2D eigenvalue weighted by Crippen LogP contribution is 2.25. The Morgan fingerprint density at radius 1 is 1.24 bits per heavy atom. The van der Waals surface area contributed by atoms with Crippen molar-refractivity contribution in [3.05, 3.63) is 29.8 Å². The molecule has 4 nitrogen and oxygen atoms in total. The molecule has 1 fully saturated rings. The van der Waals surface area contributed by atoms with E-state index < -0.39 is 6.10 Å². The van der Waals surface area contributed by atoms with Gasteiger partial charge < -0.3 is 15.0 Å². The van der Waals surface area contributed by atoms with Gasteiger partial charge >= 0.3 is 0 Å². The molecular formula is C21H34N2O2. The van der Waals surface area contributed by atoms with Crippen LogP contribution < -0.4 is 10.1 Å². The normalized spacial score (nSPS) is 17.4. The van der Waals surface area contributed by atoms with Crippen molar-refractivity contribution in [1.29, 1.82) is 0 Å². The Labute approximate surface area is 152 Å². The number of piperidine rings is 1. The molecule has 1 N–H and O–H groups in total. The van der Waals surface area contributed by atoms with E-state index in [0.717, 1.165) is 44.1 Å². The van der Waals surface area contributed by atoms with E-state index in [2.05, 4.69) is 38.2 Å². The zero-order chi connectivity index (χ0) is 18.4. The molecule has 0 aliphatic carbocycles. The second kappa shape index (κ2) is 8.70. The summed E-state index contributed by atoms with van der Waals surface area (Å²) in [5.74, 6) is 1.60. The summed E-state index contributed by atoms with van der Waals surface area (Å²) >= 11 is 0. The highest BCUT2D eigenvalue weighted by Gasteiger charge is 2.26. The number of carbonyl (C=O) groups is 1. The molecule has 25 heavy (non-hydrogen) atoms. The summed E-state index contributed by atoms with van der Waals surface area (Å²) in [7, 11) is 1.99. The number of ether oxygens (including phenoxy) is 1. The van der Waals surface area contributed by atoms with Gasteiger partial charge in [0.1, 0.15) is 5.75 Å². The Balaban J connectivity index is 1.84. The fourth-order valence-corrected chi connectivity index (χ4v) is 3.34. The van der Waals surface area contributed by atoms with Crippen LogP contribution in [0.1, 0.15) is 52.5 Å². The Bertz CT molecular complexity index is 540. The quantitative estimate of drug-likeness (QED) is 0.856. The molecule has 1 aliphatic heterocycles. The maximum absolute atomic E-state index is 12.6. The van der Waals surface area contributed by atoms with Gasteiger partial charge in [0.05, 0.1) is 0 Å². The molecule has 1 heterocycles. The van der Waals surface area contributed by atoms with E-state index in [-0.39, 0.29) is 11.3 Å². The molecule has 1 unspecified atom stereocenters. The van der Waals surface area contributed by atoms with Gasteiger partial charge in [-0.15, -0.1) is 0 Å². The van der Waals surface area contributed by atoms with Crippen molar-refractivity contribution in [1.82, 2.24) is 10.2 Å². The van der Waals surface area contributed by atoms with Crippen molar-refractivity contribution >= 4 is 5.91 Å². The summed E-state index contributed by atoms with van der Waals surface area (Å²) in [5, 5.41) is 3.21. The van der Waals surface area contributed by atoms with E-state index in [1.807, 2.05) is 31.0 Å². The lowest BCUT2D eigenvalue weighted by Gasteiger charge is -2.33. The molecule has 1 aromatic rings. The van der Waals surface area contributed by atoms with Crippen LogP contribution in [0.15, 0.2) is 24.3 Å². The second-order valence-electron chi connectivity index (χ2n) is 8.20. The highest BCUT2D eigenvalue weighted by atomic mass is 16.5. The standard InChI is InChI=1S/C21H34N2O2/c1-16(25-19-8-6-18(7-9-19)21(2,3)4)20(24)23-14-11-17(12-15-23)10-13-22-5/h6-9,16-17,22H,10-15H2,1-5H3. The van der Waals surface area contributed by atoms with E-state index >= 15 is 0 Å². The summed E-state index contributed by atoms with van der Waals surface area (Å²) < 4.78 is 5.89. The smallest absolute Gasteiger partial charge is 0.263 e. The fourth-order valence-electron chi connectivity index (χ4n) is 3.34. The molecule has 140 valence electrons. The third-order valence-electron chi connectivity index (χ3n) is 5.11. The topological polar surface area (TPSA) is 41.6 Å². The van der Waals surface area contributed by atoms with Crippen LogP contribution in [0.4, 0.5) is 0 Å². The maximum Gasteiger partial charge on any atom is 0.263 e. The van der Waals surface area contributed by atoms with E-state index in [1.54, 1.807) is 0 Å². The number of hydrogen-bond acceptors (Lipinski definition) is 3.